The number of primary amides is 1. The van der Waals surface area contributed by atoms with Crippen molar-refractivity contribution in [1.29, 1.82) is 0 Å². The number of anilines is 3. The Morgan fingerprint density at radius 3 is 2.64 bits per heavy atom. The number of hydrogen-bond donors (Lipinski definition) is 3. The van der Waals surface area contributed by atoms with Crippen molar-refractivity contribution >= 4 is 40.3 Å². The van der Waals surface area contributed by atoms with Crippen LogP contribution in [0.25, 0.3) is 10.8 Å². The Kier molecular flexibility index (Phi) is 5.51. The number of aldehydes is 1. The van der Waals surface area contributed by atoms with Gasteiger partial charge in [0.05, 0.1) is 11.6 Å². The largest absolute Gasteiger partial charge is 0.365 e. The molecule has 144 valence electrons. The van der Waals surface area contributed by atoms with E-state index in [4.69, 9.17) is 11.6 Å². The summed E-state index contributed by atoms with van der Waals surface area (Å²) in [5.74, 6) is 4.17. The van der Waals surface area contributed by atoms with E-state index in [0.717, 1.165) is 21.8 Å². The first-order valence-electron chi connectivity index (χ1n) is 8.64. The van der Waals surface area contributed by atoms with Gasteiger partial charge in [0.25, 0.3) is 5.91 Å². The number of benzene rings is 2. The van der Waals surface area contributed by atoms with Gasteiger partial charge in [0.1, 0.15) is 12.1 Å². The van der Waals surface area contributed by atoms with Gasteiger partial charge in [-0.25, -0.2) is 15.2 Å². The van der Waals surface area contributed by atoms with E-state index in [1.165, 1.54) is 0 Å². The zero-order valence-corrected chi connectivity index (χ0v) is 15.2. The van der Waals surface area contributed by atoms with Crippen LogP contribution in [0.4, 0.5) is 21.7 Å². The third-order valence-corrected chi connectivity index (χ3v) is 4.39. The molecule has 28 heavy (non-hydrogen) atoms. The van der Waals surface area contributed by atoms with Gasteiger partial charge in [0, 0.05) is 12.1 Å². The lowest BCUT2D eigenvalue weighted by molar-refractivity contribution is -0.108. The molecule has 0 aliphatic rings. The fourth-order valence-electron chi connectivity index (χ4n) is 2.81. The molecule has 2 aromatic carbocycles. The molecule has 8 heteroatoms. The molecular weight excluding hydrogens is 361 g/mol. The number of fused-ring (bicyclic) bond motifs is 1. The predicted octanol–water partition coefficient (Wildman–Crippen LogP) is 2.87. The Balaban J connectivity index is 2.02. The summed E-state index contributed by atoms with van der Waals surface area (Å²) in [4.78, 5) is 26.7. The van der Waals surface area contributed by atoms with E-state index in [9.17, 15) is 14.0 Å². The standard InChI is InChI=1S/C20H20FN5O2/c1-12(8-9-27)26(23)20-17(21)11-16(18(22)28)19(25-20)24-15-7-6-13-4-2-3-5-14(13)10-15/h2-7,9-12H,8,23H2,1H3,(H2,22,28)(H,24,25)/t12-/m1/s1. The maximum absolute atomic E-state index is 14.5. The monoisotopic (exact) mass is 381 g/mol. The number of aromatic nitrogens is 1. The van der Waals surface area contributed by atoms with Gasteiger partial charge in [-0.15, -0.1) is 0 Å². The minimum Gasteiger partial charge on any atom is -0.365 e. The second kappa shape index (κ2) is 8.01. The first-order chi connectivity index (χ1) is 13.4. The molecule has 0 saturated carbocycles. The van der Waals surface area contributed by atoms with Crippen molar-refractivity contribution in [3.05, 3.63) is 59.9 Å². The normalized spacial score (nSPS) is 11.8. The van der Waals surface area contributed by atoms with Crippen LogP contribution in [-0.4, -0.2) is 23.2 Å². The molecule has 0 radical (unpaired) electrons. The summed E-state index contributed by atoms with van der Waals surface area (Å²) in [6.07, 6.45) is 0.789. The highest BCUT2D eigenvalue weighted by Gasteiger charge is 2.21. The maximum Gasteiger partial charge on any atom is 0.252 e. The number of halogens is 1. The minimum absolute atomic E-state index is 0.0768. The van der Waals surface area contributed by atoms with Gasteiger partial charge in [-0.3, -0.25) is 9.80 Å². The number of carbonyl (C=O) groups excluding carboxylic acids is 2. The molecule has 0 saturated heterocycles. The van der Waals surface area contributed by atoms with E-state index < -0.39 is 17.8 Å². The average molecular weight is 381 g/mol. The lowest BCUT2D eigenvalue weighted by atomic mass is 10.1. The molecule has 0 aliphatic carbocycles. The Morgan fingerprint density at radius 2 is 1.96 bits per heavy atom. The number of nitrogens with zero attached hydrogens (tertiary/aromatic N) is 2. The van der Waals surface area contributed by atoms with Crippen LogP contribution in [0.3, 0.4) is 0 Å². The highest BCUT2D eigenvalue weighted by Crippen LogP contribution is 2.27. The lowest BCUT2D eigenvalue weighted by Gasteiger charge is -2.25. The van der Waals surface area contributed by atoms with Crippen molar-refractivity contribution < 1.29 is 14.0 Å². The van der Waals surface area contributed by atoms with E-state index in [1.807, 2.05) is 42.5 Å². The quantitative estimate of drug-likeness (QED) is 0.329. The van der Waals surface area contributed by atoms with Gasteiger partial charge in [-0.2, -0.15) is 0 Å². The molecule has 1 atom stereocenters. The molecule has 1 aromatic heterocycles. The number of rotatable bonds is 7. The molecule has 3 aromatic rings. The Morgan fingerprint density at radius 1 is 1.25 bits per heavy atom. The molecule has 0 fully saturated rings. The van der Waals surface area contributed by atoms with Crippen LogP contribution in [0, 0.1) is 5.82 Å². The van der Waals surface area contributed by atoms with Crippen LogP contribution < -0.4 is 21.9 Å². The molecule has 1 amide bonds. The topological polar surface area (TPSA) is 114 Å². The summed E-state index contributed by atoms with van der Waals surface area (Å²) in [5.41, 5.74) is 5.93. The van der Waals surface area contributed by atoms with Crippen molar-refractivity contribution in [2.75, 3.05) is 10.3 Å². The van der Waals surface area contributed by atoms with Crippen molar-refractivity contribution in [3.63, 3.8) is 0 Å². The number of nitrogens with two attached hydrogens (primary N) is 2. The van der Waals surface area contributed by atoms with E-state index in [2.05, 4.69) is 10.3 Å². The van der Waals surface area contributed by atoms with Gasteiger partial charge < -0.3 is 15.8 Å². The van der Waals surface area contributed by atoms with E-state index in [-0.39, 0.29) is 23.6 Å². The van der Waals surface area contributed by atoms with Gasteiger partial charge in [-0.1, -0.05) is 30.3 Å². The molecule has 0 spiro atoms. The number of amides is 1. The summed E-state index contributed by atoms with van der Waals surface area (Å²) in [6.45, 7) is 1.66. The second-order valence-electron chi connectivity index (χ2n) is 6.40. The molecule has 3 rings (SSSR count). The highest BCUT2D eigenvalue weighted by molar-refractivity contribution is 5.99. The van der Waals surface area contributed by atoms with E-state index >= 15 is 0 Å². The summed E-state index contributed by atoms with van der Waals surface area (Å²) in [5, 5.41) is 6.09. The van der Waals surface area contributed by atoms with E-state index in [1.54, 1.807) is 6.92 Å². The Bertz CT molecular complexity index is 1040. The van der Waals surface area contributed by atoms with Crippen LogP contribution in [0.5, 0.6) is 0 Å². The van der Waals surface area contributed by atoms with Crippen LogP contribution >= 0.6 is 0 Å². The van der Waals surface area contributed by atoms with Crippen molar-refractivity contribution in [2.24, 2.45) is 11.6 Å². The summed E-state index contributed by atoms with van der Waals surface area (Å²) in [6, 6.07) is 13.9. The third-order valence-electron chi connectivity index (χ3n) is 4.39. The summed E-state index contributed by atoms with van der Waals surface area (Å²) < 4.78 is 14.5. The second-order valence-corrected chi connectivity index (χ2v) is 6.40. The number of hydrazine groups is 1. The predicted molar refractivity (Wildman–Crippen MR) is 107 cm³/mol. The molecule has 1 heterocycles. The molecular formula is C20H20FN5O2. The molecule has 0 aliphatic heterocycles. The van der Waals surface area contributed by atoms with Crippen LogP contribution in [0.2, 0.25) is 0 Å². The number of pyridine rings is 1. The highest BCUT2D eigenvalue weighted by atomic mass is 19.1. The van der Waals surface area contributed by atoms with Crippen LogP contribution in [-0.2, 0) is 4.79 Å². The fraction of sp³-hybridized carbons (Fsp3) is 0.150. The van der Waals surface area contributed by atoms with Crippen LogP contribution in [0.1, 0.15) is 23.7 Å². The first kappa shape index (κ1) is 19.2. The fourth-order valence-corrected chi connectivity index (χ4v) is 2.81. The molecule has 5 N–H and O–H groups in total. The number of nitrogens with one attached hydrogen (secondary N) is 1. The Hall–Kier alpha value is -3.52. The third kappa shape index (κ3) is 3.91. The van der Waals surface area contributed by atoms with Gasteiger partial charge in [0.15, 0.2) is 11.6 Å². The van der Waals surface area contributed by atoms with Crippen molar-refractivity contribution in [1.82, 2.24) is 4.98 Å². The smallest absolute Gasteiger partial charge is 0.252 e. The molecule has 7 nitrogen and oxygen atoms in total. The minimum atomic E-state index is -0.828. The van der Waals surface area contributed by atoms with E-state index in [0.29, 0.717) is 12.0 Å². The van der Waals surface area contributed by atoms with Crippen molar-refractivity contribution in [2.45, 2.75) is 19.4 Å². The Labute approximate surface area is 161 Å². The average Bonchev–Trinajstić information content (AvgIpc) is 2.68. The summed E-state index contributed by atoms with van der Waals surface area (Å²) in [7, 11) is 0. The van der Waals surface area contributed by atoms with Crippen molar-refractivity contribution in [3.8, 4) is 0 Å². The number of hydrogen-bond acceptors (Lipinski definition) is 6. The first-order valence-corrected chi connectivity index (χ1v) is 8.64. The zero-order valence-electron chi connectivity index (χ0n) is 15.2. The lowest BCUT2D eigenvalue weighted by Crippen LogP contribution is -2.41. The maximum atomic E-state index is 14.5. The van der Waals surface area contributed by atoms with Gasteiger partial charge >= 0.3 is 0 Å². The molecule has 0 bridgehead atoms. The SMILES string of the molecule is C[C@H](CC=O)N(N)c1nc(Nc2ccc3ccccc3c2)c(C(N)=O)cc1F. The van der Waals surface area contributed by atoms with Gasteiger partial charge in [-0.05, 0) is 35.9 Å². The molecule has 0 unspecified atom stereocenters. The van der Waals surface area contributed by atoms with Crippen LogP contribution in [0.15, 0.2) is 48.5 Å². The summed E-state index contributed by atoms with van der Waals surface area (Å²) >= 11 is 0. The van der Waals surface area contributed by atoms with Gasteiger partial charge in [0.2, 0.25) is 0 Å². The zero-order chi connectivity index (χ0) is 20.3. The number of carbonyl (C=O) groups is 2.